The normalized spacial score (nSPS) is 19.3. The molecule has 0 aromatic heterocycles. The number of nitrogens with one attached hydrogen (secondary N) is 1. The molecule has 180 valence electrons. The van der Waals surface area contributed by atoms with Gasteiger partial charge in [0.2, 0.25) is 0 Å². The molecular formula is C22H24F4N2O4S. The number of rotatable bonds is 7. The van der Waals surface area contributed by atoms with Crippen LogP contribution in [0.25, 0.3) is 11.1 Å². The van der Waals surface area contributed by atoms with Crippen molar-refractivity contribution in [3.63, 3.8) is 0 Å². The number of halogens is 4. The molecule has 1 saturated heterocycles. The average Bonchev–Trinajstić information content (AvgIpc) is 3.07. The van der Waals surface area contributed by atoms with Crippen LogP contribution in [0.2, 0.25) is 0 Å². The maximum Gasteiger partial charge on any atom is 0.350 e. The van der Waals surface area contributed by atoms with Crippen molar-refractivity contribution in [2.75, 3.05) is 6.54 Å². The highest BCUT2D eigenvalue weighted by molar-refractivity contribution is 7.89. The lowest BCUT2D eigenvalue weighted by Gasteiger charge is -2.32. The maximum absolute atomic E-state index is 13.6. The van der Waals surface area contributed by atoms with E-state index in [1.807, 2.05) is 4.72 Å². The van der Waals surface area contributed by atoms with Crippen molar-refractivity contribution in [3.05, 3.63) is 59.7 Å². The summed E-state index contributed by atoms with van der Waals surface area (Å²) >= 11 is 0. The Kier molecular flexibility index (Phi) is 7.15. The van der Waals surface area contributed by atoms with Crippen LogP contribution in [-0.2, 0) is 21.2 Å². The number of carbonyl (C=O) groups is 1. The van der Waals surface area contributed by atoms with Crippen LogP contribution in [-0.4, -0.2) is 54.3 Å². The predicted octanol–water partition coefficient (Wildman–Crippen LogP) is 3.06. The summed E-state index contributed by atoms with van der Waals surface area (Å²) in [6.07, 6.45) is 0.136. The minimum atomic E-state index is -4.92. The molecule has 2 aromatic carbocycles. The fraction of sp³-hybridized carbons (Fsp3) is 0.409. The van der Waals surface area contributed by atoms with Gasteiger partial charge in [-0.15, -0.1) is 0 Å². The zero-order valence-corrected chi connectivity index (χ0v) is 18.8. The van der Waals surface area contributed by atoms with E-state index >= 15 is 0 Å². The second-order valence-corrected chi connectivity index (χ2v) is 10.2. The lowest BCUT2D eigenvalue weighted by Crippen LogP contribution is -2.53. The molecule has 33 heavy (non-hydrogen) atoms. The maximum atomic E-state index is 13.6. The Morgan fingerprint density at radius 2 is 1.79 bits per heavy atom. The molecule has 1 amide bonds. The number of hydrogen-bond donors (Lipinski definition) is 2. The van der Waals surface area contributed by atoms with E-state index in [1.165, 1.54) is 18.7 Å². The third-order valence-electron chi connectivity index (χ3n) is 5.45. The van der Waals surface area contributed by atoms with Crippen molar-refractivity contribution in [1.82, 2.24) is 9.62 Å². The molecule has 0 bridgehead atoms. The Balaban J connectivity index is 1.94. The number of nitrogens with zero attached hydrogens (tertiary/aromatic N) is 1. The van der Waals surface area contributed by atoms with E-state index in [9.17, 15) is 35.9 Å². The van der Waals surface area contributed by atoms with E-state index in [4.69, 9.17) is 0 Å². The number of sulfonamides is 1. The van der Waals surface area contributed by atoms with Gasteiger partial charge >= 0.3 is 5.76 Å². The number of amides is 1. The number of hydrogen-bond acceptors (Lipinski definition) is 4. The summed E-state index contributed by atoms with van der Waals surface area (Å²) in [4.78, 5) is 14.0. The molecule has 2 atom stereocenters. The third-order valence-corrected chi connectivity index (χ3v) is 6.55. The molecule has 0 aliphatic carbocycles. The van der Waals surface area contributed by atoms with Crippen LogP contribution in [0.15, 0.2) is 42.5 Å². The van der Waals surface area contributed by atoms with Gasteiger partial charge in [-0.25, -0.2) is 21.9 Å². The number of aliphatic hydroxyl groups is 1. The van der Waals surface area contributed by atoms with Crippen LogP contribution in [0.1, 0.15) is 25.8 Å². The van der Waals surface area contributed by atoms with E-state index in [1.54, 1.807) is 24.3 Å². The van der Waals surface area contributed by atoms with E-state index in [-0.39, 0.29) is 24.9 Å². The first-order chi connectivity index (χ1) is 15.3. The van der Waals surface area contributed by atoms with Crippen LogP contribution < -0.4 is 4.72 Å². The Labute approximate surface area is 189 Å². The van der Waals surface area contributed by atoms with E-state index in [2.05, 4.69) is 0 Å². The summed E-state index contributed by atoms with van der Waals surface area (Å²) in [5, 5.41) is 10.2. The number of alkyl halides is 2. The second-order valence-electron chi connectivity index (χ2n) is 8.51. The third kappa shape index (κ3) is 5.90. The van der Waals surface area contributed by atoms with E-state index < -0.39 is 51.0 Å². The van der Waals surface area contributed by atoms with E-state index in [0.29, 0.717) is 11.1 Å². The lowest BCUT2D eigenvalue weighted by atomic mass is 9.96. The van der Waals surface area contributed by atoms with Crippen molar-refractivity contribution in [2.45, 2.75) is 50.1 Å². The van der Waals surface area contributed by atoms with Crippen LogP contribution in [0.4, 0.5) is 17.6 Å². The summed E-state index contributed by atoms with van der Waals surface area (Å²) in [5.41, 5.74) is -0.414. The first-order valence-electron chi connectivity index (χ1n) is 10.2. The highest BCUT2D eigenvalue weighted by Crippen LogP contribution is 2.28. The van der Waals surface area contributed by atoms with Crippen molar-refractivity contribution in [1.29, 1.82) is 0 Å². The minimum absolute atomic E-state index is 0.0543. The topological polar surface area (TPSA) is 86.7 Å². The zero-order valence-electron chi connectivity index (χ0n) is 17.9. The largest absolute Gasteiger partial charge is 0.381 e. The number of carbonyl (C=O) groups excluding carboxylic acids is 1. The van der Waals surface area contributed by atoms with Gasteiger partial charge < -0.3 is 10.0 Å². The summed E-state index contributed by atoms with van der Waals surface area (Å²) in [5.74, 6) is -5.82. The molecule has 0 radical (unpaired) electrons. The van der Waals surface area contributed by atoms with Gasteiger partial charge in [-0.1, -0.05) is 24.3 Å². The lowest BCUT2D eigenvalue weighted by molar-refractivity contribution is -0.148. The van der Waals surface area contributed by atoms with Crippen molar-refractivity contribution >= 4 is 15.9 Å². The molecule has 0 saturated carbocycles. The Morgan fingerprint density at radius 1 is 1.15 bits per heavy atom. The van der Waals surface area contributed by atoms with Gasteiger partial charge in [0.05, 0.1) is 6.04 Å². The fourth-order valence-corrected chi connectivity index (χ4v) is 4.75. The molecule has 1 fully saturated rings. The number of benzene rings is 2. The van der Waals surface area contributed by atoms with Gasteiger partial charge in [-0.05, 0) is 55.5 Å². The standard InChI is InChI=1S/C22H24F4N2O4S/c1-22(2,30)20(29)28-7-6-18(27-33(31,32)21(25)26)19(28)9-13-4-3-5-14(8-13)15-10-16(23)12-17(24)11-15/h3-5,8,10-12,18-19,21,27,30H,6-7,9H2,1-2H3/t18-,19-/m0/s1. The fourth-order valence-electron chi connectivity index (χ4n) is 3.95. The van der Waals surface area contributed by atoms with Gasteiger partial charge in [-0.2, -0.15) is 8.78 Å². The minimum Gasteiger partial charge on any atom is -0.381 e. The van der Waals surface area contributed by atoms with Gasteiger partial charge in [-0.3, -0.25) is 4.79 Å². The smallest absolute Gasteiger partial charge is 0.350 e. The van der Waals surface area contributed by atoms with Gasteiger partial charge in [0.25, 0.3) is 15.9 Å². The highest BCUT2D eigenvalue weighted by atomic mass is 32.2. The molecule has 6 nitrogen and oxygen atoms in total. The van der Waals surface area contributed by atoms with E-state index in [0.717, 1.165) is 18.2 Å². The molecule has 1 heterocycles. The Bertz CT molecular complexity index is 1120. The summed E-state index contributed by atoms with van der Waals surface area (Å²) in [7, 11) is -4.92. The quantitative estimate of drug-likeness (QED) is 0.587. The monoisotopic (exact) mass is 488 g/mol. The zero-order chi connectivity index (χ0) is 24.6. The summed E-state index contributed by atoms with van der Waals surface area (Å²) in [6, 6.07) is 7.73. The molecule has 0 spiro atoms. The summed E-state index contributed by atoms with van der Waals surface area (Å²) < 4.78 is 78.7. The molecule has 1 aliphatic heterocycles. The van der Waals surface area contributed by atoms with Crippen LogP contribution in [0.5, 0.6) is 0 Å². The summed E-state index contributed by atoms with van der Waals surface area (Å²) in [6.45, 7) is 2.61. The van der Waals surface area contributed by atoms with Crippen molar-refractivity contribution < 1.29 is 35.9 Å². The predicted molar refractivity (Wildman–Crippen MR) is 114 cm³/mol. The molecule has 3 rings (SSSR count). The molecule has 0 unspecified atom stereocenters. The Morgan fingerprint density at radius 3 is 2.36 bits per heavy atom. The van der Waals surface area contributed by atoms with Gasteiger partial charge in [0, 0.05) is 18.7 Å². The SMILES string of the molecule is CC(C)(O)C(=O)N1CC[C@H](NS(=O)(=O)C(F)F)[C@@H]1Cc1cccc(-c2cc(F)cc(F)c2)c1. The molecular weight excluding hydrogens is 464 g/mol. The van der Waals surface area contributed by atoms with Crippen molar-refractivity contribution in [2.24, 2.45) is 0 Å². The molecule has 11 heteroatoms. The average molecular weight is 489 g/mol. The number of likely N-dealkylation sites (tertiary alicyclic amines) is 1. The van der Waals surface area contributed by atoms with Crippen molar-refractivity contribution in [3.8, 4) is 11.1 Å². The van der Waals surface area contributed by atoms with Gasteiger partial charge in [0.1, 0.15) is 17.2 Å². The second kappa shape index (κ2) is 9.40. The van der Waals surface area contributed by atoms with Crippen LogP contribution in [0, 0.1) is 11.6 Å². The Hall–Kier alpha value is -2.50. The van der Waals surface area contributed by atoms with Gasteiger partial charge in [0.15, 0.2) is 0 Å². The molecule has 2 N–H and O–H groups in total. The van der Waals surface area contributed by atoms with Crippen LogP contribution >= 0.6 is 0 Å². The highest BCUT2D eigenvalue weighted by Gasteiger charge is 2.43. The first-order valence-corrected chi connectivity index (χ1v) is 11.7. The van der Waals surface area contributed by atoms with Crippen LogP contribution in [0.3, 0.4) is 0 Å². The first kappa shape index (κ1) is 25.1. The molecule has 2 aromatic rings. The molecule has 1 aliphatic rings.